The molecule has 12 nitrogen and oxygen atoms in total. The van der Waals surface area contributed by atoms with Crippen molar-refractivity contribution in [2.24, 2.45) is 7.05 Å². The van der Waals surface area contributed by atoms with E-state index in [2.05, 4.69) is 43.6 Å². The lowest BCUT2D eigenvalue weighted by atomic mass is 9.87. The van der Waals surface area contributed by atoms with E-state index < -0.39 is 11.9 Å². The Morgan fingerprint density at radius 2 is 1.70 bits per heavy atom. The van der Waals surface area contributed by atoms with Gasteiger partial charge in [-0.1, -0.05) is 24.3 Å². The molecule has 47 heavy (non-hydrogen) atoms. The van der Waals surface area contributed by atoms with Crippen molar-refractivity contribution >= 4 is 45.2 Å². The van der Waals surface area contributed by atoms with Gasteiger partial charge in [-0.15, -0.1) is 0 Å². The maximum Gasteiger partial charge on any atom is 0.282 e. The topological polar surface area (TPSA) is 137 Å². The standard InChI is InChI=1S/C34H36BrN7O5/c1-39-14-22(12-25(18-39)37-27-13-36-40(2)34(47)30(27)35)19-3-5-20(6-4-19)32(45)41-15-24(16-41)21-7-8-26-23(11-21)17-42(33(26)46)28-9-10-29(43)38-31(28)44/h3-8,11,13,22,24-25,28,37H,9-10,12,14-18H2,1-2H3,(H,38,43,44)/t22-,25+,28?/m0/s1. The van der Waals surface area contributed by atoms with E-state index in [4.69, 9.17) is 0 Å². The first kappa shape index (κ1) is 31.3. The number of fused-ring (bicyclic) bond motifs is 1. The van der Waals surface area contributed by atoms with E-state index in [1.807, 2.05) is 47.4 Å². The van der Waals surface area contributed by atoms with Crippen molar-refractivity contribution in [3.8, 4) is 0 Å². The number of aromatic nitrogens is 2. The van der Waals surface area contributed by atoms with Crippen LogP contribution in [-0.4, -0.2) is 93.4 Å². The smallest absolute Gasteiger partial charge is 0.282 e. The average Bonchev–Trinajstić information content (AvgIpc) is 3.35. The SMILES string of the molecule is CN1C[C@H](Nc2cnn(C)c(=O)c2Br)C[C@H](c2ccc(C(=O)N3CC(c4ccc5c(c4)CN(C4CCC(=O)NC4=O)C5=O)C3)cc2)C1. The number of rotatable bonds is 6. The predicted octanol–water partition coefficient (Wildman–Crippen LogP) is 2.44. The molecule has 2 aromatic carbocycles. The number of nitrogens with one attached hydrogen (secondary N) is 2. The Bertz CT molecular complexity index is 1840. The molecule has 4 amide bonds. The summed E-state index contributed by atoms with van der Waals surface area (Å²) in [4.78, 5) is 68.3. The molecule has 4 aliphatic rings. The number of benzene rings is 2. The van der Waals surface area contributed by atoms with E-state index in [0.717, 1.165) is 30.6 Å². The number of hydrogen-bond donors (Lipinski definition) is 2. The first-order valence-electron chi connectivity index (χ1n) is 15.9. The second-order valence-corrected chi connectivity index (χ2v) is 13.9. The second-order valence-electron chi connectivity index (χ2n) is 13.1. The van der Waals surface area contributed by atoms with Crippen molar-refractivity contribution in [3.05, 3.63) is 91.3 Å². The Labute approximate surface area is 280 Å². The Hall–Kier alpha value is -4.36. The molecule has 1 unspecified atom stereocenters. The quantitative estimate of drug-likeness (QED) is 0.374. The number of halogens is 1. The van der Waals surface area contributed by atoms with Crippen molar-refractivity contribution in [2.45, 2.75) is 49.7 Å². The molecule has 3 aromatic rings. The summed E-state index contributed by atoms with van der Waals surface area (Å²) in [6.07, 6.45) is 3.10. The molecular formula is C34H36BrN7O5. The molecule has 13 heteroatoms. The summed E-state index contributed by atoms with van der Waals surface area (Å²) in [7, 11) is 3.71. The molecule has 3 atom stereocenters. The first-order valence-corrected chi connectivity index (χ1v) is 16.7. The molecule has 4 aliphatic heterocycles. The van der Waals surface area contributed by atoms with Gasteiger partial charge in [0.15, 0.2) is 0 Å². The molecule has 0 spiro atoms. The number of amides is 4. The van der Waals surface area contributed by atoms with Crippen LogP contribution < -0.4 is 16.2 Å². The van der Waals surface area contributed by atoms with Crippen molar-refractivity contribution in [1.82, 2.24) is 29.8 Å². The highest BCUT2D eigenvalue weighted by molar-refractivity contribution is 9.10. The van der Waals surface area contributed by atoms with Crippen LogP contribution in [0, 0.1) is 0 Å². The van der Waals surface area contributed by atoms with Crippen LogP contribution in [0.15, 0.2) is 57.9 Å². The third-order valence-electron chi connectivity index (χ3n) is 9.89. The number of likely N-dealkylation sites (tertiary alicyclic amines) is 2. The molecule has 0 bridgehead atoms. The van der Waals surface area contributed by atoms with Gasteiger partial charge in [-0.25, -0.2) is 4.68 Å². The fraction of sp³-hybridized carbons (Fsp3) is 0.412. The number of likely N-dealkylation sites (N-methyl/N-ethyl adjacent to an activating group) is 1. The minimum atomic E-state index is -0.637. The predicted molar refractivity (Wildman–Crippen MR) is 177 cm³/mol. The average molecular weight is 703 g/mol. The Morgan fingerprint density at radius 3 is 2.45 bits per heavy atom. The van der Waals surface area contributed by atoms with Gasteiger partial charge in [0.2, 0.25) is 11.8 Å². The van der Waals surface area contributed by atoms with Gasteiger partial charge in [-0.05, 0) is 76.6 Å². The van der Waals surface area contributed by atoms with Gasteiger partial charge >= 0.3 is 0 Å². The monoisotopic (exact) mass is 701 g/mol. The number of anilines is 1. The van der Waals surface area contributed by atoms with Crippen molar-refractivity contribution in [2.75, 3.05) is 38.5 Å². The Morgan fingerprint density at radius 1 is 0.957 bits per heavy atom. The zero-order chi connectivity index (χ0) is 33.0. The summed E-state index contributed by atoms with van der Waals surface area (Å²) in [5, 5.41) is 9.97. The van der Waals surface area contributed by atoms with Crippen LogP contribution in [0.2, 0.25) is 0 Å². The summed E-state index contributed by atoms with van der Waals surface area (Å²) in [5.74, 6) is -0.473. The van der Waals surface area contributed by atoms with Gasteiger partial charge in [0.05, 0.1) is 11.9 Å². The summed E-state index contributed by atoms with van der Waals surface area (Å²) in [6, 6.07) is 13.2. The molecule has 3 saturated heterocycles. The number of hydrogen-bond acceptors (Lipinski definition) is 8. The zero-order valence-corrected chi connectivity index (χ0v) is 27.8. The third-order valence-corrected chi connectivity index (χ3v) is 10.7. The minimum Gasteiger partial charge on any atom is -0.379 e. The van der Waals surface area contributed by atoms with Crippen LogP contribution in [0.25, 0.3) is 0 Å². The lowest BCUT2D eigenvalue weighted by Gasteiger charge is -2.40. The molecular weight excluding hydrogens is 666 g/mol. The molecule has 2 N–H and O–H groups in total. The maximum atomic E-state index is 13.3. The molecule has 7 rings (SSSR count). The van der Waals surface area contributed by atoms with Crippen LogP contribution in [0.5, 0.6) is 0 Å². The highest BCUT2D eigenvalue weighted by Crippen LogP contribution is 2.34. The highest BCUT2D eigenvalue weighted by atomic mass is 79.9. The second kappa shape index (κ2) is 12.3. The Balaban J connectivity index is 0.954. The number of carbonyl (C=O) groups excluding carboxylic acids is 4. The summed E-state index contributed by atoms with van der Waals surface area (Å²) in [5.41, 5.74) is 4.86. The lowest BCUT2D eigenvalue weighted by Crippen LogP contribution is -2.52. The van der Waals surface area contributed by atoms with Crippen LogP contribution in [0.1, 0.15) is 68.5 Å². The molecule has 5 heterocycles. The van der Waals surface area contributed by atoms with Gasteiger partial charge in [-0.2, -0.15) is 5.10 Å². The molecule has 0 aliphatic carbocycles. The Kier molecular flexibility index (Phi) is 8.21. The van der Waals surface area contributed by atoms with Gasteiger partial charge in [0.1, 0.15) is 10.5 Å². The number of aryl methyl sites for hydroxylation is 1. The van der Waals surface area contributed by atoms with E-state index in [1.54, 1.807) is 18.1 Å². The third kappa shape index (κ3) is 5.98. The largest absolute Gasteiger partial charge is 0.379 e. The van der Waals surface area contributed by atoms with Crippen LogP contribution in [0.4, 0.5) is 5.69 Å². The van der Waals surface area contributed by atoms with Crippen LogP contribution >= 0.6 is 15.9 Å². The van der Waals surface area contributed by atoms with E-state index >= 15 is 0 Å². The molecule has 1 aromatic heterocycles. The lowest BCUT2D eigenvalue weighted by molar-refractivity contribution is -0.136. The van der Waals surface area contributed by atoms with E-state index in [-0.39, 0.29) is 47.6 Å². The first-order chi connectivity index (χ1) is 22.5. The van der Waals surface area contributed by atoms with Crippen molar-refractivity contribution in [3.63, 3.8) is 0 Å². The molecule has 3 fully saturated rings. The summed E-state index contributed by atoms with van der Waals surface area (Å²) in [6.45, 7) is 3.26. The number of piperidine rings is 2. The summed E-state index contributed by atoms with van der Waals surface area (Å²) >= 11 is 3.41. The van der Waals surface area contributed by atoms with Gasteiger partial charge in [0, 0.05) is 69.3 Å². The number of imide groups is 1. The summed E-state index contributed by atoms with van der Waals surface area (Å²) < 4.78 is 1.77. The molecule has 0 saturated carbocycles. The number of nitrogens with zero attached hydrogens (tertiary/aromatic N) is 5. The fourth-order valence-electron chi connectivity index (χ4n) is 7.28. The van der Waals surface area contributed by atoms with E-state index in [9.17, 15) is 24.0 Å². The van der Waals surface area contributed by atoms with E-state index in [0.29, 0.717) is 47.3 Å². The normalized spacial score (nSPS) is 23.4. The van der Waals surface area contributed by atoms with E-state index in [1.165, 1.54) is 10.2 Å². The van der Waals surface area contributed by atoms with Crippen molar-refractivity contribution in [1.29, 1.82) is 0 Å². The molecule has 244 valence electrons. The van der Waals surface area contributed by atoms with Crippen LogP contribution in [0.3, 0.4) is 0 Å². The zero-order valence-electron chi connectivity index (χ0n) is 26.2. The van der Waals surface area contributed by atoms with Gasteiger partial charge in [0.25, 0.3) is 17.4 Å². The number of carbonyl (C=O) groups is 4. The maximum absolute atomic E-state index is 13.3. The van der Waals surface area contributed by atoms with Gasteiger partial charge < -0.3 is 20.0 Å². The fourth-order valence-corrected chi connectivity index (χ4v) is 7.75. The minimum absolute atomic E-state index is 0.00325. The van der Waals surface area contributed by atoms with Crippen molar-refractivity contribution < 1.29 is 19.2 Å². The molecule has 0 radical (unpaired) electrons. The highest BCUT2D eigenvalue weighted by Gasteiger charge is 2.40. The van der Waals surface area contributed by atoms with Crippen LogP contribution in [-0.2, 0) is 23.2 Å². The van der Waals surface area contributed by atoms with Gasteiger partial charge in [-0.3, -0.25) is 29.3 Å².